The summed E-state index contributed by atoms with van der Waals surface area (Å²) in [4.78, 5) is 0. The van der Waals surface area contributed by atoms with Gasteiger partial charge in [0.25, 0.3) is 0 Å². The fraction of sp³-hybridized carbons (Fsp3) is 0.200. The van der Waals surface area contributed by atoms with Gasteiger partial charge in [0.15, 0.2) is 4.67 Å². The summed E-state index contributed by atoms with van der Waals surface area (Å²) in [6.45, 7) is 0. The van der Waals surface area contributed by atoms with Crippen LogP contribution in [0.1, 0.15) is 0 Å². The maximum absolute atomic E-state index is 8.93. The number of anilines is 1. The minimum Gasteiger partial charge on any atom is -0.432 e. The highest BCUT2D eigenvalue weighted by molar-refractivity contribution is 9.10. The number of halogens is 2. The molecule has 0 bridgehead atoms. The Kier molecular flexibility index (Phi) is 2.59. The molecule has 1 rings (SSSR count). The number of hydroxylamine groups is 1. The monoisotopic (exact) mass is 225 g/mol. The fourth-order valence-corrected chi connectivity index (χ4v) is 0.918. The van der Waals surface area contributed by atoms with Crippen molar-refractivity contribution >= 4 is 33.4 Å². The minimum absolute atomic E-state index is 0.0139. The van der Waals surface area contributed by atoms with E-state index >= 15 is 0 Å². The van der Waals surface area contributed by atoms with Crippen LogP contribution in [0, 0.1) is 0 Å². The third-order valence-electron chi connectivity index (χ3n) is 0.927. The van der Waals surface area contributed by atoms with E-state index in [0.29, 0.717) is 10.6 Å². The van der Waals surface area contributed by atoms with Crippen LogP contribution < -0.4 is 5.06 Å². The van der Waals surface area contributed by atoms with Crippen LogP contribution in [0.2, 0.25) is 0 Å². The Hall–Kier alpha value is -0.190. The van der Waals surface area contributed by atoms with Crippen LogP contribution in [0.4, 0.5) is 5.88 Å². The Bertz CT molecular complexity index is 215. The first kappa shape index (κ1) is 7.91. The molecule has 0 aliphatic rings. The second kappa shape index (κ2) is 3.27. The van der Waals surface area contributed by atoms with Crippen molar-refractivity contribution in [3.05, 3.63) is 16.8 Å². The Morgan fingerprint density at radius 2 is 2.40 bits per heavy atom. The molecule has 0 unspecified atom stereocenters. The molecule has 0 saturated heterocycles. The predicted molar refractivity (Wildman–Crippen MR) is 41.4 cm³/mol. The number of rotatable bonds is 2. The number of furan rings is 1. The third kappa shape index (κ3) is 1.65. The van der Waals surface area contributed by atoms with E-state index in [-0.39, 0.29) is 6.00 Å². The van der Waals surface area contributed by atoms with Crippen LogP contribution in [0.25, 0.3) is 0 Å². The molecule has 56 valence electrons. The molecule has 1 heterocycles. The normalized spacial score (nSPS) is 9.90. The lowest BCUT2D eigenvalue weighted by Gasteiger charge is -2.06. The summed E-state index contributed by atoms with van der Waals surface area (Å²) in [6, 6.07) is 3.26. The lowest BCUT2D eigenvalue weighted by Crippen LogP contribution is -2.13. The van der Waals surface area contributed by atoms with E-state index in [1.165, 1.54) is 0 Å². The van der Waals surface area contributed by atoms with Gasteiger partial charge in [-0.05, 0) is 22.0 Å². The summed E-state index contributed by atoms with van der Waals surface area (Å²) < 4.78 is 5.51. The molecule has 1 aromatic heterocycles. The molecular formula is C5H5BrClNO2. The van der Waals surface area contributed by atoms with Crippen molar-refractivity contribution in [1.82, 2.24) is 0 Å². The molecule has 3 nitrogen and oxygen atoms in total. The highest BCUT2D eigenvalue weighted by Gasteiger charge is 2.04. The van der Waals surface area contributed by atoms with Crippen molar-refractivity contribution in [2.24, 2.45) is 0 Å². The molecule has 0 amide bonds. The lowest BCUT2D eigenvalue weighted by molar-refractivity contribution is 0.249. The highest BCUT2D eigenvalue weighted by Crippen LogP contribution is 2.20. The van der Waals surface area contributed by atoms with Crippen molar-refractivity contribution in [3.63, 3.8) is 0 Å². The maximum atomic E-state index is 8.93. The summed E-state index contributed by atoms with van der Waals surface area (Å²) in [5.41, 5.74) is 0. The van der Waals surface area contributed by atoms with Gasteiger partial charge in [-0.3, -0.25) is 5.21 Å². The summed E-state index contributed by atoms with van der Waals surface area (Å²) in [5.74, 6) is 0.321. The van der Waals surface area contributed by atoms with Gasteiger partial charge in [-0.2, -0.15) is 0 Å². The Balaban J connectivity index is 2.74. The van der Waals surface area contributed by atoms with Gasteiger partial charge in [-0.15, -0.1) is 11.6 Å². The SMILES string of the molecule is ON(CCl)c1ccc(Br)o1. The van der Waals surface area contributed by atoms with E-state index in [0.717, 1.165) is 5.06 Å². The second-order valence-electron chi connectivity index (χ2n) is 1.60. The Labute approximate surface area is 71.3 Å². The molecule has 0 spiro atoms. The zero-order valence-corrected chi connectivity index (χ0v) is 7.26. The van der Waals surface area contributed by atoms with Crippen molar-refractivity contribution < 1.29 is 9.62 Å². The topological polar surface area (TPSA) is 36.6 Å². The van der Waals surface area contributed by atoms with Crippen LogP contribution >= 0.6 is 27.5 Å². The number of hydrogen-bond acceptors (Lipinski definition) is 3. The number of hydrogen-bond donors (Lipinski definition) is 1. The van der Waals surface area contributed by atoms with Crippen molar-refractivity contribution in [2.45, 2.75) is 0 Å². The average Bonchev–Trinajstić information content (AvgIpc) is 2.34. The third-order valence-corrected chi connectivity index (χ3v) is 1.58. The Morgan fingerprint density at radius 1 is 1.70 bits per heavy atom. The van der Waals surface area contributed by atoms with E-state index in [9.17, 15) is 0 Å². The molecule has 5 heteroatoms. The van der Waals surface area contributed by atoms with E-state index in [4.69, 9.17) is 21.2 Å². The van der Waals surface area contributed by atoms with Crippen LogP contribution in [-0.4, -0.2) is 11.2 Å². The van der Waals surface area contributed by atoms with Gasteiger partial charge in [-0.25, -0.2) is 5.06 Å². The molecule has 1 aromatic rings. The lowest BCUT2D eigenvalue weighted by atomic mass is 10.6. The standard InChI is InChI=1S/C5H5BrClNO2/c6-4-1-2-5(10-4)8(9)3-7/h1-2,9H,3H2. The quantitative estimate of drug-likeness (QED) is 0.478. The van der Waals surface area contributed by atoms with Crippen LogP contribution in [-0.2, 0) is 0 Å². The summed E-state index contributed by atoms with van der Waals surface area (Å²) >= 11 is 8.38. The first-order chi connectivity index (χ1) is 4.74. The van der Waals surface area contributed by atoms with E-state index in [1.54, 1.807) is 12.1 Å². The molecule has 0 atom stereocenters. The summed E-state index contributed by atoms with van der Waals surface area (Å²) in [5, 5.41) is 9.73. The number of nitrogens with zero attached hydrogens (tertiary/aromatic N) is 1. The van der Waals surface area contributed by atoms with Gasteiger partial charge in [0.2, 0.25) is 5.88 Å². The average molecular weight is 226 g/mol. The molecule has 0 radical (unpaired) electrons. The zero-order valence-electron chi connectivity index (χ0n) is 4.92. The minimum atomic E-state index is -0.0139. The van der Waals surface area contributed by atoms with Gasteiger partial charge >= 0.3 is 0 Å². The van der Waals surface area contributed by atoms with E-state index in [2.05, 4.69) is 15.9 Å². The van der Waals surface area contributed by atoms with Crippen molar-refractivity contribution in [2.75, 3.05) is 11.1 Å². The van der Waals surface area contributed by atoms with Crippen molar-refractivity contribution in [3.8, 4) is 0 Å². The Morgan fingerprint density at radius 3 is 2.80 bits per heavy atom. The van der Waals surface area contributed by atoms with Crippen LogP contribution in [0.3, 0.4) is 0 Å². The molecule has 10 heavy (non-hydrogen) atoms. The van der Waals surface area contributed by atoms with Crippen molar-refractivity contribution in [1.29, 1.82) is 0 Å². The van der Waals surface area contributed by atoms with Crippen LogP contribution in [0.15, 0.2) is 21.2 Å². The van der Waals surface area contributed by atoms with Gasteiger partial charge in [0.05, 0.1) is 0 Å². The molecule has 1 N–H and O–H groups in total. The van der Waals surface area contributed by atoms with Crippen LogP contribution in [0.5, 0.6) is 0 Å². The van der Waals surface area contributed by atoms with Gasteiger partial charge in [0, 0.05) is 6.07 Å². The smallest absolute Gasteiger partial charge is 0.221 e. The van der Waals surface area contributed by atoms with Gasteiger partial charge in [0.1, 0.15) is 6.00 Å². The van der Waals surface area contributed by atoms with E-state index < -0.39 is 0 Å². The summed E-state index contributed by atoms with van der Waals surface area (Å²) in [6.07, 6.45) is 0. The first-order valence-electron chi connectivity index (χ1n) is 2.52. The molecule has 0 aliphatic heterocycles. The largest absolute Gasteiger partial charge is 0.432 e. The molecule has 0 saturated carbocycles. The van der Waals surface area contributed by atoms with Gasteiger partial charge in [-0.1, -0.05) is 0 Å². The molecule has 0 fully saturated rings. The summed E-state index contributed by atoms with van der Waals surface area (Å²) in [7, 11) is 0. The van der Waals surface area contributed by atoms with Gasteiger partial charge < -0.3 is 4.42 Å². The van der Waals surface area contributed by atoms with E-state index in [1.807, 2.05) is 0 Å². The highest BCUT2D eigenvalue weighted by atomic mass is 79.9. The zero-order chi connectivity index (χ0) is 7.56. The fourth-order valence-electron chi connectivity index (χ4n) is 0.502. The molecule has 0 aliphatic carbocycles. The predicted octanol–water partition coefficient (Wildman–Crippen LogP) is 2.43. The number of alkyl halides is 1. The maximum Gasteiger partial charge on any atom is 0.221 e. The molecule has 0 aromatic carbocycles. The first-order valence-corrected chi connectivity index (χ1v) is 3.84. The molecular weight excluding hydrogens is 221 g/mol. The second-order valence-corrected chi connectivity index (χ2v) is 2.62.